The van der Waals surface area contributed by atoms with E-state index in [4.69, 9.17) is 4.74 Å². The number of amides is 2. The Morgan fingerprint density at radius 2 is 2.10 bits per heavy atom. The molecule has 3 heterocycles. The van der Waals surface area contributed by atoms with E-state index >= 15 is 0 Å². The van der Waals surface area contributed by atoms with Crippen LogP contribution in [0, 0.1) is 0 Å². The van der Waals surface area contributed by atoms with Crippen LogP contribution in [0.25, 0.3) is 10.2 Å². The third kappa shape index (κ3) is 3.46. The minimum atomic E-state index is -0.213. The van der Waals surface area contributed by atoms with Crippen molar-refractivity contribution in [3.05, 3.63) is 53.0 Å². The third-order valence-corrected chi connectivity index (χ3v) is 6.45. The predicted molar refractivity (Wildman–Crippen MR) is 113 cm³/mol. The molecule has 7 heteroatoms. The van der Waals surface area contributed by atoms with Crippen molar-refractivity contribution >= 4 is 39.1 Å². The van der Waals surface area contributed by atoms with Gasteiger partial charge in [-0.25, -0.2) is 4.98 Å². The molecule has 0 spiro atoms. The Kier molecular flexibility index (Phi) is 4.67. The number of anilines is 1. The van der Waals surface area contributed by atoms with E-state index in [9.17, 15) is 9.59 Å². The Balaban J connectivity index is 1.41. The zero-order chi connectivity index (χ0) is 19.8. The van der Waals surface area contributed by atoms with E-state index in [0.717, 1.165) is 42.4 Å². The fourth-order valence-electron chi connectivity index (χ4n) is 4.13. The Bertz CT molecular complexity index is 1090. The molecule has 148 valence electrons. The molecule has 2 aliphatic rings. The monoisotopic (exact) mass is 407 g/mol. The lowest BCUT2D eigenvalue weighted by Crippen LogP contribution is -2.45. The molecule has 1 aromatic heterocycles. The van der Waals surface area contributed by atoms with Crippen LogP contribution in [-0.4, -0.2) is 40.9 Å². The van der Waals surface area contributed by atoms with Crippen LogP contribution in [0.3, 0.4) is 0 Å². The molecule has 0 aliphatic carbocycles. The summed E-state index contributed by atoms with van der Waals surface area (Å²) in [5.41, 5.74) is 4.32. The van der Waals surface area contributed by atoms with E-state index < -0.39 is 0 Å². The molecule has 5 rings (SSSR count). The lowest BCUT2D eigenvalue weighted by molar-refractivity contribution is 0.0548. The number of piperidine rings is 1. The molecule has 1 unspecified atom stereocenters. The predicted octanol–water partition coefficient (Wildman–Crippen LogP) is 4.33. The number of hydrogen-bond donors (Lipinski definition) is 1. The van der Waals surface area contributed by atoms with Gasteiger partial charge in [-0.2, -0.15) is 0 Å². The molecule has 2 aliphatic heterocycles. The molecule has 3 aromatic rings. The summed E-state index contributed by atoms with van der Waals surface area (Å²) in [6.45, 7) is 1.39. The van der Waals surface area contributed by atoms with Gasteiger partial charge in [0.05, 0.1) is 27.9 Å². The van der Waals surface area contributed by atoms with Crippen LogP contribution in [0.2, 0.25) is 0 Å². The number of ether oxygens (including phenoxy) is 1. The lowest BCUT2D eigenvalue weighted by Gasteiger charge is -2.37. The molecule has 0 saturated carbocycles. The zero-order valence-electron chi connectivity index (χ0n) is 15.9. The van der Waals surface area contributed by atoms with Gasteiger partial charge in [-0.3, -0.25) is 9.59 Å². The molecule has 2 aromatic carbocycles. The van der Waals surface area contributed by atoms with E-state index in [1.165, 1.54) is 11.3 Å². The normalized spacial score (nSPS) is 19.0. The zero-order valence-corrected chi connectivity index (χ0v) is 16.7. The molecular weight excluding hydrogens is 386 g/mol. The molecule has 0 bridgehead atoms. The highest BCUT2D eigenvalue weighted by atomic mass is 32.1. The van der Waals surface area contributed by atoms with E-state index in [1.807, 2.05) is 17.0 Å². The number of aromatic nitrogens is 1. The molecule has 29 heavy (non-hydrogen) atoms. The van der Waals surface area contributed by atoms with Crippen molar-refractivity contribution < 1.29 is 14.3 Å². The van der Waals surface area contributed by atoms with Gasteiger partial charge in [-0.15, -0.1) is 11.3 Å². The number of nitrogens with zero attached hydrogens (tertiary/aromatic N) is 2. The highest BCUT2D eigenvalue weighted by molar-refractivity contribution is 7.16. The fourth-order valence-corrected chi connectivity index (χ4v) is 4.84. The molecule has 1 fully saturated rings. The van der Waals surface area contributed by atoms with E-state index in [-0.39, 0.29) is 17.9 Å². The van der Waals surface area contributed by atoms with Crippen molar-refractivity contribution in [1.29, 1.82) is 0 Å². The summed E-state index contributed by atoms with van der Waals surface area (Å²) in [5, 5.41) is 2.91. The first-order chi connectivity index (χ1) is 14.2. The average molecular weight is 407 g/mol. The standard InChI is InChI=1S/C22H21N3O3S/c26-21(14-4-6-18-20(11-14)29-13-23-18)24-15-5-7-19-17(12-15)22(27)25-9-2-1-3-16(25)8-10-28-19/h4-7,11-13,16H,1-3,8-10H2,(H,24,26). The van der Waals surface area contributed by atoms with E-state index in [1.54, 1.807) is 29.8 Å². The fraction of sp³-hybridized carbons (Fsp3) is 0.318. The molecule has 1 atom stereocenters. The van der Waals surface area contributed by atoms with Crippen molar-refractivity contribution in [2.24, 2.45) is 0 Å². The van der Waals surface area contributed by atoms with Gasteiger partial charge in [0.1, 0.15) is 5.75 Å². The van der Waals surface area contributed by atoms with Crippen molar-refractivity contribution in [3.63, 3.8) is 0 Å². The molecule has 1 saturated heterocycles. The van der Waals surface area contributed by atoms with Crippen LogP contribution in [0.5, 0.6) is 5.75 Å². The SMILES string of the molecule is O=C(Nc1ccc2c(c1)C(=O)N1CCCCC1CCO2)c1ccc2ncsc2c1. The Hall–Kier alpha value is -2.93. The second-order valence-corrected chi connectivity index (χ2v) is 8.37. The summed E-state index contributed by atoms with van der Waals surface area (Å²) < 4.78 is 6.83. The second-order valence-electron chi connectivity index (χ2n) is 7.49. The Labute approximate surface area is 172 Å². The lowest BCUT2D eigenvalue weighted by atomic mass is 9.97. The topological polar surface area (TPSA) is 71.5 Å². The Morgan fingerprint density at radius 1 is 1.17 bits per heavy atom. The van der Waals surface area contributed by atoms with Gasteiger partial charge in [0, 0.05) is 30.3 Å². The number of hydrogen-bond acceptors (Lipinski definition) is 5. The van der Waals surface area contributed by atoms with Crippen molar-refractivity contribution in [3.8, 4) is 5.75 Å². The number of carbonyl (C=O) groups excluding carboxylic acids is 2. The summed E-state index contributed by atoms with van der Waals surface area (Å²) in [6, 6.07) is 11.0. The van der Waals surface area contributed by atoms with Gasteiger partial charge in [-0.05, 0) is 55.7 Å². The molecular formula is C22H21N3O3S. The summed E-state index contributed by atoms with van der Waals surface area (Å²) in [7, 11) is 0. The summed E-state index contributed by atoms with van der Waals surface area (Å²) >= 11 is 1.50. The van der Waals surface area contributed by atoms with Crippen LogP contribution in [-0.2, 0) is 0 Å². The second kappa shape index (κ2) is 7.48. The number of thiazole rings is 1. The largest absolute Gasteiger partial charge is 0.493 e. The molecule has 6 nitrogen and oxygen atoms in total. The molecule has 0 radical (unpaired) electrons. The smallest absolute Gasteiger partial charge is 0.257 e. The summed E-state index contributed by atoms with van der Waals surface area (Å²) in [6.07, 6.45) is 4.08. The number of rotatable bonds is 2. The van der Waals surface area contributed by atoms with Crippen LogP contribution in [0.15, 0.2) is 41.9 Å². The third-order valence-electron chi connectivity index (χ3n) is 5.66. The first-order valence-corrected chi connectivity index (χ1v) is 10.8. The first-order valence-electron chi connectivity index (χ1n) is 9.91. The van der Waals surface area contributed by atoms with Gasteiger partial charge in [0.15, 0.2) is 0 Å². The van der Waals surface area contributed by atoms with Crippen LogP contribution < -0.4 is 10.1 Å². The Morgan fingerprint density at radius 3 is 3.03 bits per heavy atom. The highest BCUT2D eigenvalue weighted by Gasteiger charge is 2.31. The highest BCUT2D eigenvalue weighted by Crippen LogP contribution is 2.31. The van der Waals surface area contributed by atoms with Crippen molar-refractivity contribution in [2.75, 3.05) is 18.5 Å². The molecule has 2 amide bonds. The maximum atomic E-state index is 13.2. The van der Waals surface area contributed by atoms with E-state index in [2.05, 4.69) is 10.3 Å². The van der Waals surface area contributed by atoms with Crippen molar-refractivity contribution in [2.45, 2.75) is 31.7 Å². The van der Waals surface area contributed by atoms with Gasteiger partial charge in [0.25, 0.3) is 11.8 Å². The molecule has 1 N–H and O–H groups in total. The number of carbonyl (C=O) groups is 2. The van der Waals surface area contributed by atoms with Gasteiger partial charge in [0.2, 0.25) is 0 Å². The summed E-state index contributed by atoms with van der Waals surface area (Å²) in [5.74, 6) is 0.366. The van der Waals surface area contributed by atoms with E-state index in [0.29, 0.717) is 29.2 Å². The number of fused-ring (bicyclic) bond motifs is 3. The van der Waals surface area contributed by atoms with Crippen LogP contribution in [0.4, 0.5) is 5.69 Å². The van der Waals surface area contributed by atoms with Crippen LogP contribution in [0.1, 0.15) is 46.4 Å². The number of nitrogens with one attached hydrogen (secondary N) is 1. The van der Waals surface area contributed by atoms with Crippen molar-refractivity contribution in [1.82, 2.24) is 9.88 Å². The van der Waals surface area contributed by atoms with Gasteiger partial charge < -0.3 is 15.0 Å². The number of benzene rings is 2. The first kappa shape index (κ1) is 18.1. The van der Waals surface area contributed by atoms with Crippen LogP contribution >= 0.6 is 11.3 Å². The van der Waals surface area contributed by atoms with Gasteiger partial charge >= 0.3 is 0 Å². The summed E-state index contributed by atoms with van der Waals surface area (Å²) in [4.78, 5) is 32.1. The quantitative estimate of drug-likeness (QED) is 0.687. The maximum Gasteiger partial charge on any atom is 0.257 e. The minimum Gasteiger partial charge on any atom is -0.493 e. The maximum absolute atomic E-state index is 13.2. The van der Waals surface area contributed by atoms with Gasteiger partial charge in [-0.1, -0.05) is 0 Å². The minimum absolute atomic E-state index is 0.00780. The average Bonchev–Trinajstić information content (AvgIpc) is 3.21.